The highest BCUT2D eigenvalue weighted by atomic mass is 32.2. The average molecular weight is 280 g/mol. The highest BCUT2D eigenvalue weighted by Crippen LogP contribution is 2.25. The summed E-state index contributed by atoms with van der Waals surface area (Å²) in [7, 11) is -1.95. The van der Waals surface area contributed by atoms with Gasteiger partial charge in [-0.25, -0.2) is 13.1 Å². The van der Waals surface area contributed by atoms with Gasteiger partial charge in [0.1, 0.15) is 0 Å². The molecule has 0 unspecified atom stereocenters. The van der Waals surface area contributed by atoms with Gasteiger partial charge in [0.2, 0.25) is 10.0 Å². The Hall–Kier alpha value is -1.42. The van der Waals surface area contributed by atoms with Crippen LogP contribution < -0.4 is 4.72 Å². The zero-order chi connectivity index (χ0) is 14.0. The summed E-state index contributed by atoms with van der Waals surface area (Å²) >= 11 is 0. The first-order valence-corrected chi connectivity index (χ1v) is 7.50. The van der Waals surface area contributed by atoms with Gasteiger partial charge in [-0.05, 0) is 37.5 Å². The Bertz CT molecular complexity index is 613. The van der Waals surface area contributed by atoms with E-state index in [4.69, 9.17) is 10.00 Å². The number of sulfonamides is 1. The Kier molecular flexibility index (Phi) is 3.90. The van der Waals surface area contributed by atoms with E-state index in [0.717, 1.165) is 0 Å². The first kappa shape index (κ1) is 14.0. The lowest BCUT2D eigenvalue weighted by molar-refractivity contribution is 0.0236. The molecule has 1 aliphatic rings. The predicted octanol–water partition coefficient (Wildman–Crippen LogP) is 1.32. The van der Waals surface area contributed by atoms with Crippen molar-refractivity contribution in [2.75, 3.05) is 7.11 Å². The minimum Gasteiger partial charge on any atom is -0.381 e. The van der Waals surface area contributed by atoms with Crippen molar-refractivity contribution in [1.29, 1.82) is 5.26 Å². The summed E-state index contributed by atoms with van der Waals surface area (Å²) in [6.07, 6.45) is 1.51. The molecule has 0 spiro atoms. The van der Waals surface area contributed by atoms with Crippen LogP contribution in [0.4, 0.5) is 0 Å². The molecule has 1 N–H and O–H groups in total. The van der Waals surface area contributed by atoms with E-state index in [2.05, 4.69) is 4.72 Å². The van der Waals surface area contributed by atoms with Crippen molar-refractivity contribution < 1.29 is 13.2 Å². The second-order valence-electron chi connectivity index (χ2n) is 4.74. The van der Waals surface area contributed by atoms with Crippen molar-refractivity contribution >= 4 is 10.0 Å². The number of nitrogens with zero attached hydrogens (tertiary/aromatic N) is 1. The highest BCUT2D eigenvalue weighted by Gasteiger charge is 2.33. The van der Waals surface area contributed by atoms with Crippen molar-refractivity contribution in [3.05, 3.63) is 29.3 Å². The van der Waals surface area contributed by atoms with Gasteiger partial charge in [-0.15, -0.1) is 0 Å². The Labute approximate surface area is 113 Å². The molecule has 1 aliphatic carbocycles. The molecule has 0 saturated heterocycles. The maximum absolute atomic E-state index is 12.3. The predicted molar refractivity (Wildman–Crippen MR) is 70.0 cm³/mol. The van der Waals surface area contributed by atoms with Gasteiger partial charge in [0, 0.05) is 13.2 Å². The summed E-state index contributed by atoms with van der Waals surface area (Å²) in [4.78, 5) is 0.174. The van der Waals surface area contributed by atoms with Crippen LogP contribution in [0.25, 0.3) is 0 Å². The maximum atomic E-state index is 12.3. The van der Waals surface area contributed by atoms with Gasteiger partial charge in [-0.2, -0.15) is 5.26 Å². The van der Waals surface area contributed by atoms with Crippen molar-refractivity contribution in [1.82, 2.24) is 4.72 Å². The molecular formula is C13H16N2O3S. The molecule has 0 aliphatic heterocycles. The third kappa shape index (κ3) is 2.95. The second-order valence-corrected chi connectivity index (χ2v) is 6.42. The van der Waals surface area contributed by atoms with E-state index >= 15 is 0 Å². The Morgan fingerprint density at radius 3 is 2.68 bits per heavy atom. The van der Waals surface area contributed by atoms with Crippen molar-refractivity contribution in [2.24, 2.45) is 0 Å². The molecule has 2 rings (SSSR count). The van der Waals surface area contributed by atoms with Crippen LogP contribution in [-0.2, 0) is 14.8 Å². The molecule has 5 nitrogen and oxygen atoms in total. The van der Waals surface area contributed by atoms with Gasteiger partial charge in [-0.3, -0.25) is 0 Å². The molecule has 19 heavy (non-hydrogen) atoms. The van der Waals surface area contributed by atoms with E-state index in [0.29, 0.717) is 24.0 Å². The lowest BCUT2D eigenvalue weighted by atomic mass is 9.90. The third-order valence-corrected chi connectivity index (χ3v) is 5.02. The number of rotatable bonds is 4. The minimum absolute atomic E-state index is 0.0832. The van der Waals surface area contributed by atoms with Crippen LogP contribution in [0.1, 0.15) is 24.0 Å². The molecule has 102 valence electrons. The fourth-order valence-corrected chi connectivity index (χ4v) is 3.63. The van der Waals surface area contributed by atoms with Gasteiger partial charge >= 0.3 is 0 Å². The fourth-order valence-electron chi connectivity index (χ4n) is 2.10. The van der Waals surface area contributed by atoms with E-state index in [1.54, 1.807) is 26.2 Å². The molecule has 0 heterocycles. The Morgan fingerprint density at radius 2 is 2.11 bits per heavy atom. The van der Waals surface area contributed by atoms with Gasteiger partial charge in [-0.1, -0.05) is 6.07 Å². The van der Waals surface area contributed by atoms with Gasteiger partial charge in [0.05, 0.1) is 22.6 Å². The van der Waals surface area contributed by atoms with Crippen LogP contribution in [-0.4, -0.2) is 27.7 Å². The summed E-state index contributed by atoms with van der Waals surface area (Å²) in [5.74, 6) is 0. The standard InChI is InChI=1S/C13H16N2O3S/c1-9-3-4-10(8-14)5-13(9)19(16,17)15-11-6-12(7-11)18-2/h3-5,11-12,15H,6-7H2,1-2H3. The van der Waals surface area contributed by atoms with E-state index in [1.165, 1.54) is 6.07 Å². The number of aryl methyl sites for hydroxylation is 1. The van der Waals surface area contributed by atoms with Gasteiger partial charge in [0.25, 0.3) is 0 Å². The second kappa shape index (κ2) is 5.29. The zero-order valence-corrected chi connectivity index (χ0v) is 11.7. The number of methoxy groups -OCH3 is 1. The van der Waals surface area contributed by atoms with E-state index in [9.17, 15) is 8.42 Å². The largest absolute Gasteiger partial charge is 0.381 e. The van der Waals surface area contributed by atoms with Crippen LogP contribution in [0.15, 0.2) is 23.1 Å². The van der Waals surface area contributed by atoms with Crippen LogP contribution in [0.2, 0.25) is 0 Å². The van der Waals surface area contributed by atoms with E-state index in [-0.39, 0.29) is 17.0 Å². The lowest BCUT2D eigenvalue weighted by Crippen LogP contribution is -2.47. The molecule has 1 aromatic carbocycles. The molecule has 6 heteroatoms. The molecule has 0 aromatic heterocycles. The smallest absolute Gasteiger partial charge is 0.241 e. The lowest BCUT2D eigenvalue weighted by Gasteiger charge is -2.34. The fraction of sp³-hybridized carbons (Fsp3) is 0.462. The molecule has 0 bridgehead atoms. The Morgan fingerprint density at radius 1 is 1.42 bits per heavy atom. The minimum atomic E-state index is -3.57. The van der Waals surface area contributed by atoms with Crippen LogP contribution in [0.3, 0.4) is 0 Å². The highest BCUT2D eigenvalue weighted by molar-refractivity contribution is 7.89. The maximum Gasteiger partial charge on any atom is 0.241 e. The summed E-state index contributed by atoms with van der Waals surface area (Å²) in [5.41, 5.74) is 0.975. The number of nitriles is 1. The van der Waals surface area contributed by atoms with Crippen molar-refractivity contribution in [3.8, 4) is 6.07 Å². The SMILES string of the molecule is COC1CC(NS(=O)(=O)c2cc(C#N)ccc2C)C1. The van der Waals surface area contributed by atoms with Crippen molar-refractivity contribution in [3.63, 3.8) is 0 Å². The molecule has 1 aromatic rings. The first-order chi connectivity index (χ1) is 8.96. The first-order valence-electron chi connectivity index (χ1n) is 6.02. The summed E-state index contributed by atoms with van der Waals surface area (Å²) in [5, 5.41) is 8.84. The molecule has 0 amide bonds. The number of nitrogens with one attached hydrogen (secondary N) is 1. The third-order valence-electron chi connectivity index (χ3n) is 3.36. The van der Waals surface area contributed by atoms with E-state index in [1.807, 2.05) is 6.07 Å². The van der Waals surface area contributed by atoms with Gasteiger partial charge < -0.3 is 4.74 Å². The van der Waals surface area contributed by atoms with Crippen LogP contribution >= 0.6 is 0 Å². The molecular weight excluding hydrogens is 264 g/mol. The van der Waals surface area contributed by atoms with Crippen LogP contribution in [0, 0.1) is 18.3 Å². The van der Waals surface area contributed by atoms with E-state index < -0.39 is 10.0 Å². The van der Waals surface area contributed by atoms with Crippen LogP contribution in [0.5, 0.6) is 0 Å². The van der Waals surface area contributed by atoms with Crippen molar-refractivity contribution in [2.45, 2.75) is 36.8 Å². The topological polar surface area (TPSA) is 79.2 Å². The summed E-state index contributed by atoms with van der Waals surface area (Å²) in [6, 6.07) is 6.53. The number of benzene rings is 1. The molecule has 1 saturated carbocycles. The zero-order valence-electron chi connectivity index (χ0n) is 10.9. The monoisotopic (exact) mass is 280 g/mol. The number of ether oxygens (including phenoxy) is 1. The Balaban J connectivity index is 2.18. The number of hydrogen-bond acceptors (Lipinski definition) is 4. The molecule has 1 fully saturated rings. The average Bonchev–Trinajstić information content (AvgIpc) is 2.33. The quantitative estimate of drug-likeness (QED) is 0.902. The normalized spacial score (nSPS) is 22.6. The summed E-state index contributed by atoms with van der Waals surface area (Å²) < 4.78 is 32.3. The molecule has 0 atom stereocenters. The number of hydrogen-bond donors (Lipinski definition) is 1. The van der Waals surface area contributed by atoms with Gasteiger partial charge in [0.15, 0.2) is 0 Å². The summed E-state index contributed by atoms with van der Waals surface area (Å²) in [6.45, 7) is 1.72. The molecule has 0 radical (unpaired) electrons.